The Labute approximate surface area is 192 Å². The van der Waals surface area contributed by atoms with Crippen LogP contribution in [0.5, 0.6) is 0 Å². The van der Waals surface area contributed by atoms with Crippen LogP contribution in [0.4, 0.5) is 5.95 Å². The smallest absolute Gasteiger partial charge is 0.225 e. The van der Waals surface area contributed by atoms with Crippen molar-refractivity contribution in [3.8, 4) is 0 Å². The van der Waals surface area contributed by atoms with Gasteiger partial charge in [-0.25, -0.2) is 9.97 Å². The average Bonchev–Trinajstić information content (AvgIpc) is 3.30. The van der Waals surface area contributed by atoms with E-state index in [4.69, 9.17) is 0 Å². The third-order valence-electron chi connectivity index (χ3n) is 6.38. The lowest BCUT2D eigenvalue weighted by molar-refractivity contribution is 0.0365. The normalized spacial score (nSPS) is 16.6. The van der Waals surface area contributed by atoms with Crippen molar-refractivity contribution in [2.45, 2.75) is 19.1 Å². The quantitative estimate of drug-likeness (QED) is 0.446. The molecule has 2 N–H and O–H groups in total. The van der Waals surface area contributed by atoms with Gasteiger partial charge in [0, 0.05) is 61.2 Å². The molecule has 1 aliphatic rings. The first-order chi connectivity index (χ1) is 16.1. The van der Waals surface area contributed by atoms with Crippen LogP contribution in [0.1, 0.15) is 27.5 Å². The van der Waals surface area contributed by atoms with Crippen LogP contribution in [0.25, 0.3) is 10.9 Å². The number of anilines is 1. The van der Waals surface area contributed by atoms with E-state index in [1.807, 2.05) is 55.5 Å². The van der Waals surface area contributed by atoms with Gasteiger partial charge in [0.15, 0.2) is 5.78 Å². The molecule has 0 saturated carbocycles. The van der Waals surface area contributed by atoms with E-state index in [1.165, 1.54) is 0 Å². The van der Waals surface area contributed by atoms with E-state index in [0.717, 1.165) is 35.1 Å². The van der Waals surface area contributed by atoms with Crippen LogP contribution in [0.2, 0.25) is 0 Å². The van der Waals surface area contributed by atoms with Crippen molar-refractivity contribution >= 4 is 22.6 Å². The molecule has 7 heteroatoms. The number of para-hydroxylation sites is 1. The average molecular weight is 442 g/mol. The maximum atomic E-state index is 13.5. The molecule has 0 radical (unpaired) electrons. The van der Waals surface area contributed by atoms with Crippen LogP contribution >= 0.6 is 0 Å². The van der Waals surface area contributed by atoms with E-state index in [0.29, 0.717) is 24.6 Å². The summed E-state index contributed by atoms with van der Waals surface area (Å²) in [6, 6.07) is 17.1. The van der Waals surface area contributed by atoms with E-state index in [9.17, 15) is 9.90 Å². The molecule has 168 valence electrons. The molecule has 33 heavy (non-hydrogen) atoms. The minimum Gasteiger partial charge on any atom is -0.383 e. The van der Waals surface area contributed by atoms with Gasteiger partial charge < -0.3 is 15.0 Å². The van der Waals surface area contributed by atoms with Gasteiger partial charge in [-0.2, -0.15) is 0 Å². The number of ketones is 1. The van der Waals surface area contributed by atoms with E-state index in [-0.39, 0.29) is 5.78 Å². The van der Waals surface area contributed by atoms with Gasteiger partial charge in [0.2, 0.25) is 5.95 Å². The molecule has 0 bridgehead atoms. The summed E-state index contributed by atoms with van der Waals surface area (Å²) in [6.45, 7) is 4.86. The molecular formula is C26H27N5O2. The van der Waals surface area contributed by atoms with Gasteiger partial charge in [-0.05, 0) is 24.6 Å². The Kier molecular flexibility index (Phi) is 5.90. The fourth-order valence-corrected chi connectivity index (χ4v) is 4.59. The third-order valence-corrected chi connectivity index (χ3v) is 6.38. The summed E-state index contributed by atoms with van der Waals surface area (Å²) in [5.41, 5.74) is 3.48. The summed E-state index contributed by atoms with van der Waals surface area (Å²) in [5.74, 6) is 0.436. The highest BCUT2D eigenvalue weighted by molar-refractivity contribution is 6.10. The number of fused-ring (bicyclic) bond motifs is 1. The summed E-state index contributed by atoms with van der Waals surface area (Å²) in [5, 5.41) is 12.3. The zero-order chi connectivity index (χ0) is 22.8. The lowest BCUT2D eigenvalue weighted by Crippen LogP contribution is -2.51. The lowest BCUT2D eigenvalue weighted by atomic mass is 9.92. The molecule has 1 fully saturated rings. The number of rotatable bonds is 6. The van der Waals surface area contributed by atoms with Crippen molar-refractivity contribution in [1.29, 1.82) is 0 Å². The van der Waals surface area contributed by atoms with Crippen LogP contribution in [0.15, 0.2) is 73.2 Å². The van der Waals surface area contributed by atoms with Gasteiger partial charge >= 0.3 is 0 Å². The highest BCUT2D eigenvalue weighted by Gasteiger charge is 2.35. The molecule has 7 nitrogen and oxygen atoms in total. The van der Waals surface area contributed by atoms with Crippen LogP contribution in [0, 0.1) is 6.92 Å². The van der Waals surface area contributed by atoms with Crippen molar-refractivity contribution in [1.82, 2.24) is 19.9 Å². The Hall–Kier alpha value is -3.55. The Morgan fingerprint density at radius 2 is 1.67 bits per heavy atom. The lowest BCUT2D eigenvalue weighted by Gasteiger charge is -2.40. The molecule has 2 atom stereocenters. The molecule has 0 spiro atoms. The summed E-state index contributed by atoms with van der Waals surface area (Å²) in [4.78, 5) is 29.7. The van der Waals surface area contributed by atoms with Crippen molar-refractivity contribution in [2.24, 2.45) is 0 Å². The fraction of sp³-hybridized carbons (Fsp3) is 0.269. The summed E-state index contributed by atoms with van der Waals surface area (Å²) >= 11 is 0. The molecule has 1 saturated heterocycles. The first-order valence-electron chi connectivity index (χ1n) is 11.2. The minimum absolute atomic E-state index is 0.271. The number of hydrogen-bond acceptors (Lipinski definition) is 6. The maximum Gasteiger partial charge on any atom is 0.225 e. The van der Waals surface area contributed by atoms with Crippen molar-refractivity contribution in [2.75, 3.05) is 31.1 Å². The van der Waals surface area contributed by atoms with E-state index < -0.39 is 12.1 Å². The molecule has 2 aromatic carbocycles. The monoisotopic (exact) mass is 441 g/mol. The number of aromatic nitrogens is 3. The molecule has 0 aliphatic carbocycles. The number of H-pyrrole nitrogens is 1. The van der Waals surface area contributed by atoms with E-state index in [2.05, 4.69) is 24.8 Å². The summed E-state index contributed by atoms with van der Waals surface area (Å²) in [7, 11) is 0. The highest BCUT2D eigenvalue weighted by Crippen LogP contribution is 2.30. The zero-order valence-electron chi connectivity index (χ0n) is 18.6. The van der Waals surface area contributed by atoms with Crippen molar-refractivity contribution in [3.63, 3.8) is 0 Å². The van der Waals surface area contributed by atoms with Crippen LogP contribution in [-0.2, 0) is 0 Å². The number of piperazine rings is 1. The molecule has 0 amide bonds. The van der Waals surface area contributed by atoms with E-state index >= 15 is 0 Å². The summed E-state index contributed by atoms with van der Waals surface area (Å²) < 4.78 is 0. The van der Waals surface area contributed by atoms with Crippen LogP contribution in [0.3, 0.4) is 0 Å². The summed E-state index contributed by atoms with van der Waals surface area (Å²) in [6.07, 6.45) is 4.00. The Balaban J connectivity index is 1.42. The molecule has 2 aromatic heterocycles. The van der Waals surface area contributed by atoms with Gasteiger partial charge in [-0.3, -0.25) is 9.69 Å². The van der Waals surface area contributed by atoms with E-state index in [1.54, 1.807) is 24.7 Å². The predicted molar refractivity (Wildman–Crippen MR) is 128 cm³/mol. The van der Waals surface area contributed by atoms with Crippen molar-refractivity contribution in [3.05, 3.63) is 89.9 Å². The van der Waals surface area contributed by atoms with Crippen molar-refractivity contribution < 1.29 is 9.90 Å². The molecule has 4 aromatic rings. The predicted octanol–water partition coefficient (Wildman–Crippen LogP) is 3.37. The molecular weight excluding hydrogens is 414 g/mol. The molecule has 1 aliphatic heterocycles. The second-order valence-corrected chi connectivity index (χ2v) is 8.48. The number of benzene rings is 2. The first kappa shape index (κ1) is 21.3. The minimum atomic E-state index is -1.19. The Morgan fingerprint density at radius 1 is 0.970 bits per heavy atom. The number of aryl methyl sites for hydroxylation is 1. The van der Waals surface area contributed by atoms with Crippen LogP contribution in [-0.4, -0.2) is 63.0 Å². The van der Waals surface area contributed by atoms with Gasteiger partial charge in [0.25, 0.3) is 0 Å². The van der Waals surface area contributed by atoms with Gasteiger partial charge in [0.05, 0.1) is 6.04 Å². The number of carbonyl (C=O) groups excluding carboxylic acids is 1. The number of aromatic amines is 1. The second kappa shape index (κ2) is 9.13. The SMILES string of the molecule is Cc1ccc(C(C(O)C(=O)c2c[nH]c3ccccc23)N2CCN(c3ncccn3)CC2)cc1. The molecule has 3 heterocycles. The Bertz CT molecular complexity index is 1230. The maximum absolute atomic E-state index is 13.5. The topological polar surface area (TPSA) is 85.4 Å². The number of nitrogens with zero attached hydrogens (tertiary/aromatic N) is 4. The number of carbonyl (C=O) groups is 1. The number of hydrogen-bond donors (Lipinski definition) is 2. The molecule has 5 rings (SSSR count). The standard InChI is InChI=1S/C26H27N5O2/c1-18-7-9-19(10-8-18)23(30-13-15-31(16-14-30)26-27-11-4-12-28-26)25(33)24(32)21-17-29-22-6-3-2-5-20(21)22/h2-12,17,23,25,29,33H,13-16H2,1H3. The first-order valence-corrected chi connectivity index (χ1v) is 11.2. The van der Waals surface area contributed by atoms with Gasteiger partial charge in [0.1, 0.15) is 6.10 Å². The largest absolute Gasteiger partial charge is 0.383 e. The van der Waals surface area contributed by atoms with Gasteiger partial charge in [-0.15, -0.1) is 0 Å². The van der Waals surface area contributed by atoms with Gasteiger partial charge in [-0.1, -0.05) is 48.0 Å². The molecule has 2 unspecified atom stereocenters. The number of aliphatic hydroxyl groups is 1. The zero-order valence-corrected chi connectivity index (χ0v) is 18.6. The highest BCUT2D eigenvalue weighted by atomic mass is 16.3. The number of aliphatic hydroxyl groups excluding tert-OH is 1. The third kappa shape index (κ3) is 4.25. The second-order valence-electron chi connectivity index (χ2n) is 8.48. The number of Topliss-reactive ketones (excluding diaryl/α,β-unsaturated/α-hetero) is 1. The number of nitrogens with one attached hydrogen (secondary N) is 1. The van der Waals surface area contributed by atoms with Crippen LogP contribution < -0.4 is 4.90 Å². The fourth-order valence-electron chi connectivity index (χ4n) is 4.59. The Morgan fingerprint density at radius 3 is 2.39 bits per heavy atom.